The third kappa shape index (κ3) is 4.06. The summed E-state index contributed by atoms with van der Waals surface area (Å²) in [5.74, 6) is 1.06. The molecule has 3 aromatic heterocycles. The van der Waals surface area contributed by atoms with Crippen LogP contribution in [0.5, 0.6) is 0 Å². The van der Waals surface area contributed by atoms with E-state index in [9.17, 15) is 4.39 Å². The van der Waals surface area contributed by atoms with E-state index in [0.717, 1.165) is 44.4 Å². The van der Waals surface area contributed by atoms with E-state index in [4.69, 9.17) is 26.7 Å². The van der Waals surface area contributed by atoms with Gasteiger partial charge in [-0.25, -0.2) is 19.0 Å². The number of rotatable bonds is 5. The van der Waals surface area contributed by atoms with E-state index in [1.807, 2.05) is 41.9 Å². The number of pyridine rings is 1. The Morgan fingerprint density at radius 3 is 2.68 bits per heavy atom. The number of hydrogen-bond acceptors (Lipinski definition) is 5. The highest BCUT2D eigenvalue weighted by Crippen LogP contribution is 2.26. The van der Waals surface area contributed by atoms with Crippen LogP contribution in [0.15, 0.2) is 60.8 Å². The minimum Gasteiger partial charge on any atom is -0.259 e. The number of aromatic nitrogens is 5. The van der Waals surface area contributed by atoms with Crippen LogP contribution in [-0.4, -0.2) is 24.7 Å². The number of thiazole rings is 1. The molecule has 0 fully saturated rings. The topological polar surface area (TPSA) is 56.5 Å². The minimum absolute atomic E-state index is 0.289. The van der Waals surface area contributed by atoms with Crippen molar-refractivity contribution in [1.29, 1.82) is 0 Å². The van der Waals surface area contributed by atoms with Gasteiger partial charge in [0.25, 0.3) is 0 Å². The Kier molecular flexibility index (Phi) is 5.21. The van der Waals surface area contributed by atoms with Crippen LogP contribution >= 0.6 is 22.9 Å². The first-order valence-electron chi connectivity index (χ1n) is 9.76. The molecule has 0 unspecified atom stereocenters. The molecule has 0 N–H and O–H groups in total. The van der Waals surface area contributed by atoms with E-state index in [2.05, 4.69) is 4.98 Å². The summed E-state index contributed by atoms with van der Waals surface area (Å²) in [6.07, 6.45) is 3.12. The first-order valence-corrected chi connectivity index (χ1v) is 10.9. The van der Waals surface area contributed by atoms with Crippen molar-refractivity contribution in [1.82, 2.24) is 24.7 Å². The van der Waals surface area contributed by atoms with Gasteiger partial charge >= 0.3 is 0 Å². The molecule has 31 heavy (non-hydrogen) atoms. The quantitative estimate of drug-likeness (QED) is 0.339. The maximum atomic E-state index is 13.4. The average Bonchev–Trinajstić information content (AvgIpc) is 3.36. The molecule has 0 atom stereocenters. The Morgan fingerprint density at radius 2 is 1.87 bits per heavy atom. The number of nitrogens with zero attached hydrogens (tertiary/aromatic N) is 5. The minimum atomic E-state index is -0.289. The first-order chi connectivity index (χ1) is 15.1. The van der Waals surface area contributed by atoms with E-state index in [1.165, 1.54) is 12.1 Å². The maximum Gasteiger partial charge on any atom is 0.181 e. The summed E-state index contributed by atoms with van der Waals surface area (Å²) in [6.45, 7) is 1.94. The van der Waals surface area contributed by atoms with Crippen molar-refractivity contribution >= 4 is 33.2 Å². The Hall–Kier alpha value is -3.16. The fourth-order valence-corrected chi connectivity index (χ4v) is 4.51. The van der Waals surface area contributed by atoms with Crippen molar-refractivity contribution < 1.29 is 4.39 Å². The molecular weight excluding hydrogens is 433 g/mol. The maximum absolute atomic E-state index is 13.4. The van der Waals surface area contributed by atoms with Crippen LogP contribution in [0.3, 0.4) is 0 Å². The van der Waals surface area contributed by atoms with Gasteiger partial charge in [0.05, 0.1) is 26.6 Å². The van der Waals surface area contributed by atoms with Gasteiger partial charge < -0.3 is 0 Å². The van der Waals surface area contributed by atoms with Gasteiger partial charge in [-0.3, -0.25) is 4.98 Å². The summed E-state index contributed by atoms with van der Waals surface area (Å²) < 4.78 is 16.3. The Balaban J connectivity index is 1.51. The van der Waals surface area contributed by atoms with Gasteiger partial charge in [0.2, 0.25) is 0 Å². The summed E-state index contributed by atoms with van der Waals surface area (Å²) >= 11 is 7.74. The zero-order valence-electron chi connectivity index (χ0n) is 16.6. The van der Waals surface area contributed by atoms with Crippen LogP contribution < -0.4 is 0 Å². The lowest BCUT2D eigenvalue weighted by Crippen LogP contribution is -2.07. The molecular formula is C23H17ClFN5S. The molecule has 0 saturated carbocycles. The monoisotopic (exact) mass is 449 g/mol. The first kappa shape index (κ1) is 19.8. The summed E-state index contributed by atoms with van der Waals surface area (Å²) in [6, 6.07) is 15.8. The third-order valence-electron chi connectivity index (χ3n) is 4.94. The Bertz CT molecular complexity index is 1380. The van der Waals surface area contributed by atoms with Crippen LogP contribution in [0.4, 0.5) is 4.39 Å². The number of fused-ring (bicyclic) bond motifs is 1. The molecule has 2 aromatic carbocycles. The van der Waals surface area contributed by atoms with E-state index >= 15 is 0 Å². The van der Waals surface area contributed by atoms with Gasteiger partial charge in [-0.1, -0.05) is 11.6 Å². The van der Waals surface area contributed by atoms with Crippen LogP contribution in [-0.2, 0) is 12.8 Å². The number of benzene rings is 2. The average molecular weight is 450 g/mol. The van der Waals surface area contributed by atoms with Crippen molar-refractivity contribution in [3.8, 4) is 17.1 Å². The second kappa shape index (κ2) is 8.17. The molecule has 0 spiro atoms. The molecule has 5 rings (SSSR count). The second-order valence-corrected chi connectivity index (χ2v) is 8.65. The molecule has 0 aliphatic rings. The zero-order chi connectivity index (χ0) is 21.4. The van der Waals surface area contributed by atoms with Gasteiger partial charge in [0, 0.05) is 29.6 Å². The fraction of sp³-hybridized carbons (Fsp3) is 0.130. The number of hydrogen-bond donors (Lipinski definition) is 0. The SMILES string of the molecule is Cc1ncccc1-n1nc(-c2ccc(F)cc2)nc1CCc1nc2cc(Cl)ccc2s1. The van der Waals surface area contributed by atoms with E-state index in [0.29, 0.717) is 17.3 Å². The summed E-state index contributed by atoms with van der Waals surface area (Å²) in [4.78, 5) is 13.9. The van der Waals surface area contributed by atoms with Crippen molar-refractivity contribution in [2.24, 2.45) is 0 Å². The molecule has 5 aromatic rings. The van der Waals surface area contributed by atoms with Gasteiger partial charge in [0.15, 0.2) is 5.82 Å². The lowest BCUT2D eigenvalue weighted by molar-refractivity contribution is 0.628. The normalized spacial score (nSPS) is 11.3. The molecule has 0 aliphatic heterocycles. The molecule has 0 bridgehead atoms. The molecule has 154 valence electrons. The Morgan fingerprint density at radius 1 is 1.03 bits per heavy atom. The van der Waals surface area contributed by atoms with Gasteiger partial charge in [-0.15, -0.1) is 16.4 Å². The molecule has 5 nitrogen and oxygen atoms in total. The molecule has 0 radical (unpaired) electrons. The van der Waals surface area contributed by atoms with Crippen molar-refractivity contribution in [3.05, 3.63) is 88.2 Å². The third-order valence-corrected chi connectivity index (χ3v) is 6.27. The highest BCUT2D eigenvalue weighted by Gasteiger charge is 2.16. The van der Waals surface area contributed by atoms with Crippen LogP contribution in [0.2, 0.25) is 5.02 Å². The lowest BCUT2D eigenvalue weighted by atomic mass is 10.2. The largest absolute Gasteiger partial charge is 0.259 e. The van der Waals surface area contributed by atoms with Gasteiger partial charge in [-0.05, 0) is 61.5 Å². The van der Waals surface area contributed by atoms with E-state index < -0.39 is 0 Å². The summed E-state index contributed by atoms with van der Waals surface area (Å²) in [5, 5.41) is 6.41. The Labute approximate surface area is 187 Å². The van der Waals surface area contributed by atoms with E-state index in [-0.39, 0.29) is 5.82 Å². The van der Waals surface area contributed by atoms with Crippen LogP contribution in [0.1, 0.15) is 16.5 Å². The van der Waals surface area contributed by atoms with Crippen molar-refractivity contribution in [2.45, 2.75) is 19.8 Å². The predicted octanol–water partition coefficient (Wildman–Crippen LogP) is 5.83. The molecule has 0 saturated heterocycles. The predicted molar refractivity (Wildman–Crippen MR) is 121 cm³/mol. The summed E-state index contributed by atoms with van der Waals surface area (Å²) in [7, 11) is 0. The number of halogens is 2. The van der Waals surface area contributed by atoms with Crippen LogP contribution in [0, 0.1) is 12.7 Å². The zero-order valence-corrected chi connectivity index (χ0v) is 18.2. The summed E-state index contributed by atoms with van der Waals surface area (Å²) in [5.41, 5.74) is 3.39. The highest BCUT2D eigenvalue weighted by atomic mass is 35.5. The fourth-order valence-electron chi connectivity index (χ4n) is 3.39. The number of aryl methyl sites for hydroxylation is 3. The molecule has 0 amide bonds. The lowest BCUT2D eigenvalue weighted by Gasteiger charge is -2.07. The molecule has 8 heteroatoms. The standard InChI is InChI=1S/C23H17ClFN5S/c1-14-19(3-2-12-26-14)30-21(28-23(29-30)15-4-7-17(25)8-5-15)10-11-22-27-18-13-16(24)6-9-20(18)31-22/h2-9,12-13H,10-11H2,1H3. The molecule has 3 heterocycles. The highest BCUT2D eigenvalue weighted by molar-refractivity contribution is 7.18. The second-order valence-electron chi connectivity index (χ2n) is 7.10. The molecule has 0 aliphatic carbocycles. The van der Waals surface area contributed by atoms with E-state index in [1.54, 1.807) is 29.7 Å². The van der Waals surface area contributed by atoms with Crippen molar-refractivity contribution in [3.63, 3.8) is 0 Å². The van der Waals surface area contributed by atoms with Gasteiger partial charge in [-0.2, -0.15) is 0 Å². The van der Waals surface area contributed by atoms with Gasteiger partial charge in [0.1, 0.15) is 11.6 Å². The van der Waals surface area contributed by atoms with Crippen LogP contribution in [0.25, 0.3) is 27.3 Å². The smallest absolute Gasteiger partial charge is 0.181 e. The van der Waals surface area contributed by atoms with Crippen molar-refractivity contribution in [2.75, 3.05) is 0 Å².